The zero-order valence-corrected chi connectivity index (χ0v) is 15.1. The van der Waals surface area contributed by atoms with Gasteiger partial charge in [-0.15, -0.1) is 11.3 Å². The number of aryl methyl sites for hydroxylation is 2. The van der Waals surface area contributed by atoms with E-state index in [4.69, 9.17) is 16.0 Å². The third-order valence-electron chi connectivity index (χ3n) is 3.55. The summed E-state index contributed by atoms with van der Waals surface area (Å²) in [4.78, 5) is 25.1. The van der Waals surface area contributed by atoms with Crippen LogP contribution in [0.5, 0.6) is 0 Å². The third-order valence-corrected chi connectivity index (χ3v) is 4.94. The van der Waals surface area contributed by atoms with Crippen molar-refractivity contribution in [2.75, 3.05) is 10.6 Å². The van der Waals surface area contributed by atoms with Gasteiger partial charge >= 0.3 is 0 Å². The molecule has 0 spiro atoms. The Morgan fingerprint density at radius 2 is 1.84 bits per heavy atom. The van der Waals surface area contributed by atoms with Gasteiger partial charge < -0.3 is 15.1 Å². The van der Waals surface area contributed by atoms with Crippen molar-refractivity contribution in [3.8, 4) is 0 Å². The number of hydrogen-bond acceptors (Lipinski definition) is 4. The molecule has 2 heterocycles. The lowest BCUT2D eigenvalue weighted by molar-refractivity contribution is 0.0995. The number of amides is 2. The summed E-state index contributed by atoms with van der Waals surface area (Å²) >= 11 is 7.19. The number of hydrogen-bond donors (Lipinski definition) is 2. The molecule has 0 aliphatic carbocycles. The van der Waals surface area contributed by atoms with Crippen LogP contribution in [0.1, 0.15) is 31.4 Å². The molecule has 3 aromatic rings. The van der Waals surface area contributed by atoms with Crippen LogP contribution in [0.4, 0.5) is 10.7 Å². The molecule has 1 aromatic carbocycles. The SMILES string of the molecule is Cc1ccc(Cl)cc1NC(=O)c1sc(NC(=O)c2ccco2)cc1C. The third kappa shape index (κ3) is 3.92. The fourth-order valence-electron chi connectivity index (χ4n) is 2.26. The Kier molecular flexibility index (Phi) is 4.92. The minimum absolute atomic E-state index is 0.214. The predicted molar refractivity (Wildman–Crippen MR) is 99.9 cm³/mol. The number of furan rings is 1. The average molecular weight is 375 g/mol. The molecule has 0 aliphatic heterocycles. The second kappa shape index (κ2) is 7.13. The fraction of sp³-hybridized carbons (Fsp3) is 0.111. The monoisotopic (exact) mass is 374 g/mol. The molecule has 5 nitrogen and oxygen atoms in total. The molecular formula is C18H15ClN2O3S. The van der Waals surface area contributed by atoms with Crippen molar-refractivity contribution in [3.05, 3.63) is 69.4 Å². The Morgan fingerprint density at radius 3 is 2.56 bits per heavy atom. The Morgan fingerprint density at radius 1 is 1.04 bits per heavy atom. The van der Waals surface area contributed by atoms with E-state index in [9.17, 15) is 9.59 Å². The number of halogens is 1. The normalized spacial score (nSPS) is 10.5. The van der Waals surface area contributed by atoms with Crippen LogP contribution < -0.4 is 10.6 Å². The molecule has 0 saturated carbocycles. The maximum atomic E-state index is 12.6. The van der Waals surface area contributed by atoms with Crippen molar-refractivity contribution < 1.29 is 14.0 Å². The molecule has 128 valence electrons. The number of thiophene rings is 1. The first-order valence-corrected chi connectivity index (χ1v) is 8.66. The highest BCUT2D eigenvalue weighted by Gasteiger charge is 2.17. The van der Waals surface area contributed by atoms with Crippen molar-refractivity contribution in [2.24, 2.45) is 0 Å². The van der Waals surface area contributed by atoms with Crippen molar-refractivity contribution >= 4 is 45.4 Å². The fourth-order valence-corrected chi connectivity index (χ4v) is 3.39. The lowest BCUT2D eigenvalue weighted by Crippen LogP contribution is -2.12. The van der Waals surface area contributed by atoms with Crippen LogP contribution in [0.3, 0.4) is 0 Å². The van der Waals surface area contributed by atoms with Crippen LogP contribution in [0.25, 0.3) is 0 Å². The number of carbonyl (C=O) groups excluding carboxylic acids is 2. The van der Waals surface area contributed by atoms with Gasteiger partial charge in [0.1, 0.15) is 0 Å². The molecule has 0 atom stereocenters. The molecule has 7 heteroatoms. The topological polar surface area (TPSA) is 71.3 Å². The number of nitrogens with one attached hydrogen (secondary N) is 2. The second-order valence-corrected chi connectivity index (χ2v) is 6.96. The largest absolute Gasteiger partial charge is 0.459 e. The molecule has 0 aliphatic rings. The highest BCUT2D eigenvalue weighted by atomic mass is 35.5. The van der Waals surface area contributed by atoms with Gasteiger partial charge in [0.15, 0.2) is 5.76 Å². The van der Waals surface area contributed by atoms with Crippen molar-refractivity contribution in [3.63, 3.8) is 0 Å². The van der Waals surface area contributed by atoms with Gasteiger partial charge in [-0.1, -0.05) is 17.7 Å². The van der Waals surface area contributed by atoms with Gasteiger partial charge in [0.05, 0.1) is 16.1 Å². The predicted octanol–water partition coefficient (Wildman–Crippen LogP) is 5.12. The Bertz CT molecular complexity index is 932. The first-order chi connectivity index (χ1) is 11.9. The van der Waals surface area contributed by atoms with Crippen molar-refractivity contribution in [1.82, 2.24) is 0 Å². The Balaban J connectivity index is 1.76. The van der Waals surface area contributed by atoms with E-state index in [0.29, 0.717) is 20.6 Å². The van der Waals surface area contributed by atoms with E-state index in [-0.39, 0.29) is 17.6 Å². The maximum Gasteiger partial charge on any atom is 0.291 e. The van der Waals surface area contributed by atoms with E-state index in [1.807, 2.05) is 19.9 Å². The summed E-state index contributed by atoms with van der Waals surface area (Å²) in [6.07, 6.45) is 1.43. The van der Waals surface area contributed by atoms with E-state index < -0.39 is 0 Å². The van der Waals surface area contributed by atoms with E-state index in [1.165, 1.54) is 17.6 Å². The Labute approximate surface area is 153 Å². The summed E-state index contributed by atoms with van der Waals surface area (Å²) in [7, 11) is 0. The number of carbonyl (C=O) groups is 2. The van der Waals surface area contributed by atoms with Crippen LogP contribution in [-0.4, -0.2) is 11.8 Å². The molecule has 2 aromatic heterocycles. The zero-order valence-electron chi connectivity index (χ0n) is 13.6. The molecule has 0 bridgehead atoms. The first-order valence-electron chi connectivity index (χ1n) is 7.47. The van der Waals surface area contributed by atoms with E-state index in [2.05, 4.69) is 10.6 Å². The number of rotatable bonds is 4. The summed E-state index contributed by atoms with van der Waals surface area (Å²) in [5, 5.41) is 6.71. The van der Waals surface area contributed by atoms with Crippen LogP contribution in [0, 0.1) is 13.8 Å². The molecule has 2 amide bonds. The minimum Gasteiger partial charge on any atom is -0.459 e. The van der Waals surface area contributed by atoms with Crippen LogP contribution in [-0.2, 0) is 0 Å². The highest BCUT2D eigenvalue weighted by molar-refractivity contribution is 7.18. The lowest BCUT2D eigenvalue weighted by Gasteiger charge is -2.08. The molecule has 0 fully saturated rings. The molecule has 0 unspecified atom stereocenters. The van der Waals surface area contributed by atoms with E-state index in [0.717, 1.165) is 11.1 Å². The van der Waals surface area contributed by atoms with Crippen molar-refractivity contribution in [2.45, 2.75) is 13.8 Å². The van der Waals surface area contributed by atoms with Crippen LogP contribution >= 0.6 is 22.9 Å². The summed E-state index contributed by atoms with van der Waals surface area (Å²) in [6, 6.07) is 10.3. The minimum atomic E-state index is -0.358. The molecule has 2 N–H and O–H groups in total. The zero-order chi connectivity index (χ0) is 18.0. The quantitative estimate of drug-likeness (QED) is 0.666. The van der Waals surface area contributed by atoms with Gasteiger partial charge in [0.25, 0.3) is 11.8 Å². The van der Waals surface area contributed by atoms with Gasteiger partial charge in [-0.2, -0.15) is 0 Å². The summed E-state index contributed by atoms with van der Waals surface area (Å²) in [6.45, 7) is 3.71. The van der Waals surface area contributed by atoms with E-state index >= 15 is 0 Å². The van der Waals surface area contributed by atoms with Gasteiger partial charge in [-0.3, -0.25) is 9.59 Å². The Hall–Kier alpha value is -2.57. The first kappa shape index (κ1) is 17.3. The van der Waals surface area contributed by atoms with Gasteiger partial charge in [0.2, 0.25) is 0 Å². The molecule has 3 rings (SSSR count). The van der Waals surface area contributed by atoms with E-state index in [1.54, 1.807) is 30.3 Å². The molecular weight excluding hydrogens is 360 g/mol. The van der Waals surface area contributed by atoms with Gasteiger partial charge in [0, 0.05) is 10.7 Å². The number of anilines is 2. The van der Waals surface area contributed by atoms with Crippen LogP contribution in [0.2, 0.25) is 5.02 Å². The lowest BCUT2D eigenvalue weighted by atomic mass is 10.2. The van der Waals surface area contributed by atoms with Gasteiger partial charge in [-0.05, 0) is 55.3 Å². The maximum absolute atomic E-state index is 12.6. The molecule has 0 saturated heterocycles. The molecule has 25 heavy (non-hydrogen) atoms. The summed E-state index contributed by atoms with van der Waals surface area (Å²) < 4.78 is 5.06. The van der Waals surface area contributed by atoms with Crippen LogP contribution in [0.15, 0.2) is 47.1 Å². The molecule has 0 radical (unpaired) electrons. The standard InChI is InChI=1S/C18H15ClN2O3S/c1-10-5-6-12(19)9-13(10)20-18(23)16-11(2)8-15(25-16)21-17(22)14-4-3-7-24-14/h3-9H,1-2H3,(H,20,23)(H,21,22). The second-order valence-electron chi connectivity index (χ2n) is 5.47. The summed E-state index contributed by atoms with van der Waals surface area (Å²) in [5.41, 5.74) is 2.35. The average Bonchev–Trinajstić information content (AvgIpc) is 3.20. The number of benzene rings is 1. The summed E-state index contributed by atoms with van der Waals surface area (Å²) in [5.74, 6) is -0.387. The van der Waals surface area contributed by atoms with Gasteiger partial charge in [-0.25, -0.2) is 0 Å². The van der Waals surface area contributed by atoms with Crippen molar-refractivity contribution in [1.29, 1.82) is 0 Å². The smallest absolute Gasteiger partial charge is 0.291 e. The highest BCUT2D eigenvalue weighted by Crippen LogP contribution is 2.29.